The Labute approximate surface area is 197 Å². The highest BCUT2D eigenvalue weighted by Gasteiger charge is 2.35. The molecule has 1 atom stereocenters. The average molecular weight is 470 g/mol. The molecule has 2 aromatic rings. The monoisotopic (exact) mass is 469 g/mol. The highest BCUT2D eigenvalue weighted by molar-refractivity contribution is 8.26. The van der Waals surface area contributed by atoms with Crippen LogP contribution in [-0.4, -0.2) is 52.0 Å². The summed E-state index contributed by atoms with van der Waals surface area (Å²) in [6.45, 7) is 3.05. The molecule has 4 heterocycles. The number of aryl methyl sites for hydroxylation is 1. The largest absolute Gasteiger partial charge is 0.376 e. The Morgan fingerprint density at radius 3 is 2.69 bits per heavy atom. The van der Waals surface area contributed by atoms with Gasteiger partial charge in [-0.1, -0.05) is 42.2 Å². The van der Waals surface area contributed by atoms with Gasteiger partial charge in [0.15, 0.2) is 0 Å². The van der Waals surface area contributed by atoms with Crippen molar-refractivity contribution in [3.63, 3.8) is 0 Å². The van der Waals surface area contributed by atoms with Crippen molar-refractivity contribution in [3.8, 4) is 0 Å². The summed E-state index contributed by atoms with van der Waals surface area (Å²) in [6, 6.07) is 8.01. The summed E-state index contributed by atoms with van der Waals surface area (Å²) in [5.74, 6) is -0.129. The summed E-state index contributed by atoms with van der Waals surface area (Å²) in [7, 11) is 1.80. The first-order chi connectivity index (χ1) is 15.5. The van der Waals surface area contributed by atoms with Gasteiger partial charge in [0.2, 0.25) is 0 Å². The second kappa shape index (κ2) is 9.00. The summed E-state index contributed by atoms with van der Waals surface area (Å²) in [4.78, 5) is 31.2. The van der Waals surface area contributed by atoms with E-state index < -0.39 is 0 Å². The number of rotatable bonds is 4. The van der Waals surface area contributed by atoms with Gasteiger partial charge in [0.05, 0.1) is 34.3 Å². The van der Waals surface area contributed by atoms with Gasteiger partial charge in [0.1, 0.15) is 4.32 Å². The fourth-order valence-corrected chi connectivity index (χ4v) is 6.13. The van der Waals surface area contributed by atoms with E-state index in [4.69, 9.17) is 17.0 Å². The van der Waals surface area contributed by atoms with Crippen LogP contribution < -0.4 is 10.5 Å². The Balaban J connectivity index is 1.60. The normalized spacial score (nSPS) is 23.2. The molecule has 3 aliphatic rings. The van der Waals surface area contributed by atoms with E-state index in [-0.39, 0.29) is 17.6 Å². The summed E-state index contributed by atoms with van der Waals surface area (Å²) in [5.41, 5.74) is 2.33. The summed E-state index contributed by atoms with van der Waals surface area (Å²) in [6.07, 6.45) is 7.18. The van der Waals surface area contributed by atoms with Gasteiger partial charge in [-0.15, -0.1) is 0 Å². The summed E-state index contributed by atoms with van der Waals surface area (Å²) < 4.78 is 7.92. The molecule has 0 radical (unpaired) electrons. The minimum Gasteiger partial charge on any atom is -0.376 e. The van der Waals surface area contributed by atoms with E-state index >= 15 is 0 Å². The average Bonchev–Trinajstić information content (AvgIpc) is 3.42. The zero-order valence-corrected chi connectivity index (χ0v) is 19.8. The van der Waals surface area contributed by atoms with Crippen molar-refractivity contribution in [2.75, 3.05) is 31.1 Å². The number of piperidine rings is 1. The third-order valence-corrected chi connectivity index (χ3v) is 7.92. The minimum absolute atomic E-state index is 0.0364. The standard InChI is InChI=1S/C24H27N3O3S2/c1-25-19-10-4-3-9-17(19)21(26-11-5-2-6-12-26)18(22(25)28)14-20-23(29)27(24(31)32-20)15-16-8-7-13-30-16/h3-4,9-10,14,16H,2,5-8,11-13,15H2,1H3. The van der Waals surface area contributed by atoms with Crippen LogP contribution in [0.1, 0.15) is 37.7 Å². The first-order valence-corrected chi connectivity index (χ1v) is 12.5. The lowest BCUT2D eigenvalue weighted by Crippen LogP contribution is -2.35. The second-order valence-corrected chi connectivity index (χ2v) is 10.3. The number of anilines is 1. The van der Waals surface area contributed by atoms with Crippen LogP contribution in [0.2, 0.25) is 0 Å². The number of carbonyl (C=O) groups excluding carboxylic acids is 1. The lowest BCUT2D eigenvalue weighted by atomic mass is 10.0. The molecular formula is C24H27N3O3S2. The molecular weight excluding hydrogens is 442 g/mol. The summed E-state index contributed by atoms with van der Waals surface area (Å²) in [5, 5.41) is 1.04. The van der Waals surface area contributed by atoms with Crippen LogP contribution in [-0.2, 0) is 16.6 Å². The second-order valence-electron chi connectivity index (χ2n) is 8.62. The minimum atomic E-state index is -0.129. The Hall–Kier alpha value is -2.16. The number of thioether (sulfide) groups is 1. The number of amides is 1. The zero-order chi connectivity index (χ0) is 22.2. The number of fused-ring (bicyclic) bond motifs is 1. The van der Waals surface area contributed by atoms with Crippen LogP contribution in [0, 0.1) is 0 Å². The molecule has 1 aromatic heterocycles. The van der Waals surface area contributed by atoms with E-state index in [1.54, 1.807) is 22.6 Å². The van der Waals surface area contributed by atoms with Gasteiger partial charge in [-0.05, 0) is 44.2 Å². The van der Waals surface area contributed by atoms with Gasteiger partial charge in [0.25, 0.3) is 11.5 Å². The Morgan fingerprint density at radius 2 is 1.94 bits per heavy atom. The molecule has 8 heteroatoms. The number of thiocarbonyl (C=S) groups is 1. The van der Waals surface area contributed by atoms with Gasteiger partial charge < -0.3 is 14.2 Å². The van der Waals surface area contributed by atoms with Gasteiger partial charge in [-0.25, -0.2) is 0 Å². The van der Waals surface area contributed by atoms with Crippen LogP contribution in [0.3, 0.4) is 0 Å². The molecule has 6 nitrogen and oxygen atoms in total. The van der Waals surface area contributed by atoms with Crippen molar-refractivity contribution >= 4 is 56.9 Å². The predicted molar refractivity (Wildman–Crippen MR) is 134 cm³/mol. The molecule has 1 amide bonds. The van der Waals surface area contributed by atoms with Crippen molar-refractivity contribution in [2.45, 2.75) is 38.2 Å². The van der Waals surface area contributed by atoms with E-state index in [0.29, 0.717) is 21.3 Å². The molecule has 0 spiro atoms. The van der Waals surface area contributed by atoms with E-state index in [2.05, 4.69) is 11.0 Å². The van der Waals surface area contributed by atoms with Gasteiger partial charge in [-0.2, -0.15) is 0 Å². The lowest BCUT2D eigenvalue weighted by molar-refractivity contribution is -0.123. The van der Waals surface area contributed by atoms with Crippen molar-refractivity contribution in [1.82, 2.24) is 9.47 Å². The highest BCUT2D eigenvalue weighted by atomic mass is 32.2. The third-order valence-electron chi connectivity index (χ3n) is 6.54. The SMILES string of the molecule is Cn1c(=O)c(C=C2SC(=S)N(CC3CCCO3)C2=O)c(N2CCCCC2)c2ccccc21. The fourth-order valence-electron chi connectivity index (χ4n) is 4.87. The molecule has 0 saturated carbocycles. The number of ether oxygens (including phenoxy) is 1. The highest BCUT2D eigenvalue weighted by Crippen LogP contribution is 2.37. The number of carbonyl (C=O) groups is 1. The molecule has 32 heavy (non-hydrogen) atoms. The molecule has 5 rings (SSSR count). The van der Waals surface area contributed by atoms with E-state index in [0.717, 1.165) is 62.0 Å². The van der Waals surface area contributed by atoms with E-state index in [9.17, 15) is 9.59 Å². The number of para-hydroxylation sites is 1. The molecule has 3 aliphatic heterocycles. The van der Waals surface area contributed by atoms with Gasteiger partial charge >= 0.3 is 0 Å². The maximum atomic E-state index is 13.5. The maximum Gasteiger partial charge on any atom is 0.266 e. The smallest absolute Gasteiger partial charge is 0.266 e. The molecule has 0 N–H and O–H groups in total. The zero-order valence-electron chi connectivity index (χ0n) is 18.2. The molecule has 168 valence electrons. The molecule has 3 saturated heterocycles. The summed E-state index contributed by atoms with van der Waals surface area (Å²) >= 11 is 6.80. The van der Waals surface area contributed by atoms with Crippen LogP contribution in [0.15, 0.2) is 34.0 Å². The van der Waals surface area contributed by atoms with E-state index in [1.165, 1.54) is 18.2 Å². The molecule has 0 aliphatic carbocycles. The Kier molecular flexibility index (Phi) is 6.09. The van der Waals surface area contributed by atoms with Crippen molar-refractivity contribution < 1.29 is 9.53 Å². The van der Waals surface area contributed by atoms with E-state index in [1.807, 2.05) is 18.2 Å². The van der Waals surface area contributed by atoms with Gasteiger partial charge in [-0.3, -0.25) is 14.5 Å². The van der Waals surface area contributed by atoms with Crippen LogP contribution in [0.25, 0.3) is 17.0 Å². The molecule has 0 bridgehead atoms. The van der Waals surface area contributed by atoms with Crippen molar-refractivity contribution in [2.24, 2.45) is 7.05 Å². The maximum absolute atomic E-state index is 13.5. The first kappa shape index (κ1) is 21.7. The molecule has 3 fully saturated rings. The van der Waals surface area contributed by atoms with Crippen molar-refractivity contribution in [1.29, 1.82) is 0 Å². The number of hydrogen-bond donors (Lipinski definition) is 0. The van der Waals surface area contributed by atoms with Crippen LogP contribution in [0.4, 0.5) is 5.69 Å². The van der Waals surface area contributed by atoms with Crippen LogP contribution in [0.5, 0.6) is 0 Å². The number of pyridine rings is 1. The Morgan fingerprint density at radius 1 is 1.16 bits per heavy atom. The quantitative estimate of drug-likeness (QED) is 0.500. The topological polar surface area (TPSA) is 54.8 Å². The van der Waals surface area contributed by atoms with Gasteiger partial charge in [0, 0.05) is 32.1 Å². The van der Waals surface area contributed by atoms with Crippen molar-refractivity contribution in [3.05, 3.63) is 45.1 Å². The number of aromatic nitrogens is 1. The lowest BCUT2D eigenvalue weighted by Gasteiger charge is -2.31. The van der Waals surface area contributed by atoms with Crippen LogP contribution >= 0.6 is 24.0 Å². The molecule has 1 aromatic carbocycles. The fraction of sp³-hybridized carbons (Fsp3) is 0.458. The number of benzene rings is 1. The first-order valence-electron chi connectivity index (χ1n) is 11.3. The third kappa shape index (κ3) is 3.89. The predicted octanol–water partition coefficient (Wildman–Crippen LogP) is 3.91. The Bertz CT molecular complexity index is 1160. The number of hydrogen-bond acceptors (Lipinski definition) is 6. The molecule has 1 unspecified atom stereocenters. The number of nitrogens with zero attached hydrogens (tertiary/aromatic N) is 3.